The number of hydrogen-bond donors (Lipinski definition) is 1. The molecule has 3 nitrogen and oxygen atoms in total. The third kappa shape index (κ3) is 2.47. The van der Waals surface area contributed by atoms with Crippen molar-refractivity contribution in [1.29, 1.82) is 0 Å². The maximum atomic E-state index is 4.91. The summed E-state index contributed by atoms with van der Waals surface area (Å²) in [5.74, 6) is 0. The molecule has 0 aliphatic carbocycles. The van der Waals surface area contributed by atoms with Crippen molar-refractivity contribution in [3.05, 3.63) is 72.2 Å². The van der Waals surface area contributed by atoms with Crippen molar-refractivity contribution in [3.8, 4) is 21.8 Å². The number of aromatic amines is 1. The first kappa shape index (κ1) is 15.1. The van der Waals surface area contributed by atoms with E-state index in [1.54, 1.807) is 22.7 Å². The molecule has 0 aliphatic rings. The van der Waals surface area contributed by atoms with E-state index in [0.717, 1.165) is 32.8 Å². The van der Waals surface area contributed by atoms with Gasteiger partial charge in [-0.1, -0.05) is 18.2 Å². The van der Waals surface area contributed by atoms with E-state index in [1.807, 2.05) is 12.3 Å². The van der Waals surface area contributed by atoms with E-state index < -0.39 is 0 Å². The number of thiophene rings is 1. The molecule has 4 aromatic heterocycles. The summed E-state index contributed by atoms with van der Waals surface area (Å²) in [6.07, 6.45) is 1.81. The van der Waals surface area contributed by atoms with E-state index in [1.165, 1.54) is 20.3 Å². The van der Waals surface area contributed by atoms with Crippen LogP contribution < -0.4 is 0 Å². The molecule has 2 aromatic carbocycles. The molecular weight excluding hydrogens is 370 g/mol. The number of fused-ring (bicyclic) bond motifs is 3. The summed E-state index contributed by atoms with van der Waals surface area (Å²) in [6, 6.07) is 21.4. The van der Waals surface area contributed by atoms with Gasteiger partial charge in [0.05, 0.1) is 10.2 Å². The fraction of sp³-hybridized carbons (Fsp3) is 0. The second-order valence-corrected chi connectivity index (χ2v) is 8.48. The molecule has 27 heavy (non-hydrogen) atoms. The fourth-order valence-electron chi connectivity index (χ4n) is 3.42. The van der Waals surface area contributed by atoms with Gasteiger partial charge >= 0.3 is 0 Å². The number of benzene rings is 2. The number of aromatic nitrogens is 3. The Kier molecular flexibility index (Phi) is 3.21. The maximum absolute atomic E-state index is 4.91. The highest BCUT2D eigenvalue weighted by Gasteiger charge is 2.10. The quantitative estimate of drug-likeness (QED) is 0.360. The number of H-pyrrole nitrogens is 1. The molecule has 5 heteroatoms. The lowest BCUT2D eigenvalue weighted by molar-refractivity contribution is 1.32. The van der Waals surface area contributed by atoms with Crippen molar-refractivity contribution in [2.45, 2.75) is 0 Å². The molecule has 0 unspecified atom stereocenters. The lowest BCUT2D eigenvalue weighted by Crippen LogP contribution is -1.79. The molecule has 1 N–H and O–H groups in total. The molecule has 0 spiro atoms. The van der Waals surface area contributed by atoms with E-state index in [4.69, 9.17) is 4.98 Å². The molecule has 0 saturated carbocycles. The molecule has 0 atom stereocenters. The molecule has 4 heterocycles. The van der Waals surface area contributed by atoms with Crippen LogP contribution in [-0.4, -0.2) is 15.0 Å². The Balaban J connectivity index is 1.46. The van der Waals surface area contributed by atoms with Crippen molar-refractivity contribution in [1.82, 2.24) is 15.0 Å². The zero-order chi connectivity index (χ0) is 17.8. The van der Waals surface area contributed by atoms with Gasteiger partial charge < -0.3 is 4.98 Å². The number of rotatable bonds is 2. The van der Waals surface area contributed by atoms with Gasteiger partial charge in [-0.05, 0) is 53.2 Å². The Morgan fingerprint density at radius 3 is 2.74 bits per heavy atom. The van der Waals surface area contributed by atoms with Gasteiger partial charge in [0.1, 0.15) is 10.7 Å². The van der Waals surface area contributed by atoms with Gasteiger partial charge in [-0.15, -0.1) is 22.7 Å². The Hall–Kier alpha value is -3.02. The van der Waals surface area contributed by atoms with E-state index in [9.17, 15) is 0 Å². The van der Waals surface area contributed by atoms with Gasteiger partial charge in [-0.25, -0.2) is 9.97 Å². The van der Waals surface area contributed by atoms with Gasteiger partial charge in [0.2, 0.25) is 0 Å². The smallest absolute Gasteiger partial charge is 0.137 e. The van der Waals surface area contributed by atoms with Crippen molar-refractivity contribution >= 4 is 54.0 Å². The minimum atomic E-state index is 0.913. The first-order valence-electron chi connectivity index (χ1n) is 8.66. The first-order chi connectivity index (χ1) is 13.3. The summed E-state index contributed by atoms with van der Waals surface area (Å²) in [5, 5.41) is 5.61. The summed E-state index contributed by atoms with van der Waals surface area (Å²) in [5.41, 5.74) is 5.33. The minimum Gasteiger partial charge on any atom is -0.339 e. The van der Waals surface area contributed by atoms with Gasteiger partial charge in [-0.2, -0.15) is 0 Å². The molecule has 0 aliphatic heterocycles. The molecule has 6 aromatic rings. The zero-order valence-corrected chi connectivity index (χ0v) is 15.8. The number of nitrogens with zero attached hydrogens (tertiary/aromatic N) is 2. The maximum Gasteiger partial charge on any atom is 0.137 e. The van der Waals surface area contributed by atoms with E-state index in [-0.39, 0.29) is 0 Å². The van der Waals surface area contributed by atoms with Crippen LogP contribution in [0.25, 0.3) is 53.2 Å². The molecular formula is C22H13N3S2. The lowest BCUT2D eigenvalue weighted by Gasteiger charge is -1.97. The summed E-state index contributed by atoms with van der Waals surface area (Å²) in [6.45, 7) is 0. The second kappa shape index (κ2) is 5.74. The molecule has 0 radical (unpaired) electrons. The molecule has 128 valence electrons. The highest BCUT2D eigenvalue weighted by molar-refractivity contribution is 7.21. The van der Waals surface area contributed by atoms with Crippen LogP contribution in [0.2, 0.25) is 0 Å². The van der Waals surface area contributed by atoms with Crippen LogP contribution in [0.1, 0.15) is 0 Å². The van der Waals surface area contributed by atoms with Crippen molar-refractivity contribution in [2.24, 2.45) is 0 Å². The summed E-state index contributed by atoms with van der Waals surface area (Å²) < 4.78 is 2.51. The average Bonchev–Trinajstić information content (AvgIpc) is 3.42. The van der Waals surface area contributed by atoms with Crippen LogP contribution >= 0.6 is 22.7 Å². The number of pyridine rings is 1. The molecule has 6 rings (SSSR count). The Morgan fingerprint density at radius 1 is 0.815 bits per heavy atom. The SMILES string of the molecule is c1cnc2[nH]c(-c3ccc4sc(-c5ccc6ccsc6c5)nc4c3)cc2c1. The summed E-state index contributed by atoms with van der Waals surface area (Å²) >= 11 is 3.51. The van der Waals surface area contributed by atoms with Gasteiger partial charge in [0, 0.05) is 33.1 Å². The topological polar surface area (TPSA) is 41.6 Å². The predicted octanol–water partition coefficient (Wildman–Crippen LogP) is 6.72. The van der Waals surface area contributed by atoms with Crippen molar-refractivity contribution < 1.29 is 0 Å². The highest BCUT2D eigenvalue weighted by Crippen LogP contribution is 2.35. The molecule has 0 bridgehead atoms. The Morgan fingerprint density at radius 2 is 1.78 bits per heavy atom. The lowest BCUT2D eigenvalue weighted by atomic mass is 10.1. The Bertz CT molecular complexity index is 1410. The van der Waals surface area contributed by atoms with Crippen molar-refractivity contribution in [2.75, 3.05) is 0 Å². The molecule has 0 saturated heterocycles. The van der Waals surface area contributed by atoms with Gasteiger partial charge in [0.25, 0.3) is 0 Å². The zero-order valence-electron chi connectivity index (χ0n) is 14.1. The number of thiazole rings is 1. The Labute approximate surface area is 163 Å². The van der Waals surface area contributed by atoms with Crippen LogP contribution in [0.3, 0.4) is 0 Å². The number of hydrogen-bond acceptors (Lipinski definition) is 4. The second-order valence-electron chi connectivity index (χ2n) is 6.50. The third-order valence-corrected chi connectivity index (χ3v) is 6.76. The van der Waals surface area contributed by atoms with E-state index >= 15 is 0 Å². The van der Waals surface area contributed by atoms with E-state index in [2.05, 4.69) is 69.9 Å². The van der Waals surface area contributed by atoms with Crippen molar-refractivity contribution in [3.63, 3.8) is 0 Å². The summed E-state index contributed by atoms with van der Waals surface area (Å²) in [4.78, 5) is 12.7. The monoisotopic (exact) mass is 383 g/mol. The van der Waals surface area contributed by atoms with Crippen LogP contribution in [0.15, 0.2) is 72.2 Å². The predicted molar refractivity (Wildman–Crippen MR) is 116 cm³/mol. The molecule has 0 amide bonds. The largest absolute Gasteiger partial charge is 0.339 e. The standard InChI is InChI=1S/C22H13N3S2/c1-2-15-11-17(24-21(15)23-8-1)14-5-6-19-18(10-14)25-22(27-19)16-4-3-13-7-9-26-20(13)12-16/h1-12H,(H,23,24). The van der Waals surface area contributed by atoms with Gasteiger partial charge in [0.15, 0.2) is 0 Å². The highest BCUT2D eigenvalue weighted by atomic mass is 32.1. The average molecular weight is 384 g/mol. The van der Waals surface area contributed by atoms with E-state index in [0.29, 0.717) is 0 Å². The fourth-order valence-corrected chi connectivity index (χ4v) is 5.19. The van der Waals surface area contributed by atoms with Gasteiger partial charge in [-0.3, -0.25) is 0 Å². The third-order valence-electron chi connectivity index (χ3n) is 4.79. The van der Waals surface area contributed by atoms with Crippen LogP contribution in [0.5, 0.6) is 0 Å². The first-order valence-corrected chi connectivity index (χ1v) is 10.4. The molecule has 0 fully saturated rings. The van der Waals surface area contributed by atoms with Crippen LogP contribution in [0, 0.1) is 0 Å². The summed E-state index contributed by atoms with van der Waals surface area (Å²) in [7, 11) is 0. The van der Waals surface area contributed by atoms with Crippen LogP contribution in [-0.2, 0) is 0 Å². The minimum absolute atomic E-state index is 0.913. The number of nitrogens with one attached hydrogen (secondary N) is 1. The van der Waals surface area contributed by atoms with Crippen LogP contribution in [0.4, 0.5) is 0 Å². The normalized spacial score (nSPS) is 11.7.